The van der Waals surface area contributed by atoms with Crippen LogP contribution in [0.5, 0.6) is 5.75 Å². The molecule has 1 atom stereocenters. The van der Waals surface area contributed by atoms with E-state index in [1.807, 2.05) is 6.92 Å². The number of hydrogen-bond acceptors (Lipinski definition) is 3. The second-order valence-corrected chi connectivity index (χ2v) is 7.75. The van der Waals surface area contributed by atoms with E-state index >= 15 is 0 Å². The Labute approximate surface area is 136 Å². The summed E-state index contributed by atoms with van der Waals surface area (Å²) in [5.74, 6) is 0.425. The van der Waals surface area contributed by atoms with Crippen molar-refractivity contribution in [3.8, 4) is 5.75 Å². The smallest absolute Gasteiger partial charge is 0.247 e. The van der Waals surface area contributed by atoms with Crippen LogP contribution in [0.2, 0.25) is 5.02 Å². The van der Waals surface area contributed by atoms with Crippen LogP contribution in [-0.2, 0) is 15.9 Å². The van der Waals surface area contributed by atoms with Crippen molar-refractivity contribution in [3.63, 3.8) is 0 Å². The van der Waals surface area contributed by atoms with E-state index in [2.05, 4.69) is 0 Å². The van der Waals surface area contributed by atoms with Crippen LogP contribution in [0, 0.1) is 0 Å². The van der Waals surface area contributed by atoms with E-state index in [1.54, 1.807) is 6.07 Å². The molecule has 2 rings (SSSR count). The topological polar surface area (TPSA) is 46.6 Å². The Hall–Kier alpha value is -0.490. The summed E-state index contributed by atoms with van der Waals surface area (Å²) in [4.78, 5) is 0.0990. The highest BCUT2D eigenvalue weighted by molar-refractivity contribution is 7.89. The first-order valence-electron chi connectivity index (χ1n) is 6.86. The first-order chi connectivity index (χ1) is 9.91. The fourth-order valence-corrected chi connectivity index (χ4v) is 5.13. The van der Waals surface area contributed by atoms with Gasteiger partial charge in [-0.3, -0.25) is 0 Å². The maximum atomic E-state index is 12.9. The highest BCUT2D eigenvalue weighted by atomic mass is 35.5. The van der Waals surface area contributed by atoms with Gasteiger partial charge in [-0.25, -0.2) is 8.42 Å². The largest absolute Gasteiger partial charge is 0.495 e. The summed E-state index contributed by atoms with van der Waals surface area (Å²) in [6.07, 6.45) is 2.78. The summed E-state index contributed by atoms with van der Waals surface area (Å²) in [5, 5.41) is 0.342. The van der Waals surface area contributed by atoms with E-state index in [0.29, 0.717) is 17.1 Å². The molecule has 4 nitrogen and oxygen atoms in total. The standard InChI is InChI=1S/C14H19Cl2NO3S/c1-10-5-3-4-6-17(10)21(18,19)13-8-12(16)7-11(9-15)14(13)20-2/h7-8,10H,3-6,9H2,1-2H3. The van der Waals surface area contributed by atoms with Crippen LogP contribution >= 0.6 is 23.2 Å². The Morgan fingerprint density at radius 2 is 2.10 bits per heavy atom. The maximum absolute atomic E-state index is 12.9. The van der Waals surface area contributed by atoms with Gasteiger partial charge >= 0.3 is 0 Å². The molecule has 0 aromatic heterocycles. The van der Waals surface area contributed by atoms with Crippen LogP contribution in [0.4, 0.5) is 0 Å². The summed E-state index contributed by atoms with van der Waals surface area (Å²) in [7, 11) is -2.20. The molecule has 0 aliphatic carbocycles. The summed E-state index contributed by atoms with van der Waals surface area (Å²) >= 11 is 11.9. The molecule has 0 bridgehead atoms. The molecule has 1 heterocycles. The van der Waals surface area contributed by atoms with Crippen LogP contribution in [0.3, 0.4) is 0 Å². The van der Waals surface area contributed by atoms with Gasteiger partial charge in [0.1, 0.15) is 10.6 Å². The minimum absolute atomic E-state index is 0.0214. The number of nitrogens with zero attached hydrogens (tertiary/aromatic N) is 1. The zero-order chi connectivity index (χ0) is 15.6. The van der Waals surface area contributed by atoms with Gasteiger partial charge in [0.2, 0.25) is 10.0 Å². The third-order valence-corrected chi connectivity index (χ3v) is 6.30. The van der Waals surface area contributed by atoms with E-state index in [4.69, 9.17) is 27.9 Å². The van der Waals surface area contributed by atoms with Crippen molar-refractivity contribution >= 4 is 33.2 Å². The number of rotatable bonds is 4. The summed E-state index contributed by atoms with van der Waals surface area (Å²) in [6, 6.07) is 3.05. The van der Waals surface area contributed by atoms with Gasteiger partial charge in [-0.15, -0.1) is 11.6 Å². The lowest BCUT2D eigenvalue weighted by atomic mass is 10.1. The Bertz CT molecular complexity index is 619. The Morgan fingerprint density at radius 1 is 1.38 bits per heavy atom. The molecule has 1 aliphatic rings. The van der Waals surface area contributed by atoms with Crippen molar-refractivity contribution in [3.05, 3.63) is 22.7 Å². The third kappa shape index (κ3) is 3.31. The van der Waals surface area contributed by atoms with Gasteiger partial charge in [-0.05, 0) is 31.9 Å². The molecule has 1 saturated heterocycles. The lowest BCUT2D eigenvalue weighted by Gasteiger charge is -2.32. The molecule has 1 aromatic rings. The number of sulfonamides is 1. The number of benzene rings is 1. The summed E-state index contributed by atoms with van der Waals surface area (Å²) in [6.45, 7) is 2.45. The second kappa shape index (κ2) is 6.73. The van der Waals surface area contributed by atoms with Crippen molar-refractivity contribution in [1.29, 1.82) is 0 Å². The molecular weight excluding hydrogens is 333 g/mol. The van der Waals surface area contributed by atoms with Crippen LogP contribution in [0.25, 0.3) is 0 Å². The highest BCUT2D eigenvalue weighted by Gasteiger charge is 2.34. The molecule has 7 heteroatoms. The predicted molar refractivity (Wildman–Crippen MR) is 84.8 cm³/mol. The minimum Gasteiger partial charge on any atom is -0.495 e. The van der Waals surface area contributed by atoms with Crippen molar-refractivity contribution in [2.45, 2.75) is 43.0 Å². The van der Waals surface area contributed by atoms with E-state index in [1.165, 1.54) is 17.5 Å². The fourth-order valence-electron chi connectivity index (χ4n) is 2.70. The molecule has 1 unspecified atom stereocenters. The second-order valence-electron chi connectivity index (χ2n) is 5.19. The van der Waals surface area contributed by atoms with Crippen LogP contribution in [-0.4, -0.2) is 32.4 Å². The first kappa shape index (κ1) is 16.9. The third-order valence-electron chi connectivity index (χ3n) is 3.77. The maximum Gasteiger partial charge on any atom is 0.247 e. The molecule has 0 saturated carbocycles. The van der Waals surface area contributed by atoms with E-state index in [9.17, 15) is 8.42 Å². The highest BCUT2D eigenvalue weighted by Crippen LogP contribution is 2.36. The fraction of sp³-hybridized carbons (Fsp3) is 0.571. The molecule has 0 amide bonds. The molecule has 0 N–H and O–H groups in total. The molecular formula is C14H19Cl2NO3S. The van der Waals surface area contributed by atoms with Crippen molar-refractivity contribution in [2.24, 2.45) is 0 Å². The van der Waals surface area contributed by atoms with Crippen molar-refractivity contribution in [1.82, 2.24) is 4.31 Å². The number of halogens is 2. The molecule has 1 fully saturated rings. The summed E-state index contributed by atoms with van der Waals surface area (Å²) in [5.41, 5.74) is 0.579. The van der Waals surface area contributed by atoms with E-state index < -0.39 is 10.0 Å². The monoisotopic (exact) mass is 351 g/mol. The van der Waals surface area contributed by atoms with Crippen LogP contribution in [0.15, 0.2) is 17.0 Å². The SMILES string of the molecule is COc1c(CCl)cc(Cl)cc1S(=O)(=O)N1CCCCC1C. The minimum atomic E-state index is -3.64. The first-order valence-corrected chi connectivity index (χ1v) is 9.21. The molecule has 0 spiro atoms. The molecule has 1 aromatic carbocycles. The quantitative estimate of drug-likeness (QED) is 0.777. The van der Waals surface area contributed by atoms with E-state index in [0.717, 1.165) is 19.3 Å². The molecule has 0 radical (unpaired) electrons. The van der Waals surface area contributed by atoms with Crippen LogP contribution in [0.1, 0.15) is 31.7 Å². The molecule has 1 aliphatic heterocycles. The van der Waals surface area contributed by atoms with Gasteiger partial charge < -0.3 is 4.74 Å². The number of alkyl halides is 1. The average Bonchev–Trinajstić information content (AvgIpc) is 2.46. The predicted octanol–water partition coefficient (Wildman–Crippen LogP) is 3.65. The van der Waals surface area contributed by atoms with Gasteiger partial charge in [0, 0.05) is 23.2 Å². The van der Waals surface area contributed by atoms with Gasteiger partial charge in [0.05, 0.1) is 13.0 Å². The molecule has 118 valence electrons. The normalized spacial score (nSPS) is 20.5. The van der Waals surface area contributed by atoms with Gasteiger partial charge in [0.25, 0.3) is 0 Å². The number of piperidine rings is 1. The zero-order valence-corrected chi connectivity index (χ0v) is 14.4. The Balaban J connectivity index is 2.56. The van der Waals surface area contributed by atoms with Gasteiger partial charge in [-0.1, -0.05) is 18.0 Å². The van der Waals surface area contributed by atoms with Crippen LogP contribution < -0.4 is 4.74 Å². The lowest BCUT2D eigenvalue weighted by molar-refractivity contribution is 0.267. The number of methoxy groups -OCH3 is 1. The Kier molecular flexibility index (Phi) is 5.41. The van der Waals surface area contributed by atoms with Gasteiger partial charge in [0.15, 0.2) is 0 Å². The van der Waals surface area contributed by atoms with Crippen molar-refractivity contribution in [2.75, 3.05) is 13.7 Å². The summed E-state index contributed by atoms with van der Waals surface area (Å²) < 4.78 is 32.7. The van der Waals surface area contributed by atoms with Gasteiger partial charge in [-0.2, -0.15) is 4.31 Å². The molecule has 21 heavy (non-hydrogen) atoms. The Morgan fingerprint density at radius 3 is 2.67 bits per heavy atom. The number of hydrogen-bond donors (Lipinski definition) is 0. The van der Waals surface area contributed by atoms with Crippen molar-refractivity contribution < 1.29 is 13.2 Å². The lowest BCUT2D eigenvalue weighted by Crippen LogP contribution is -2.42. The van der Waals surface area contributed by atoms with E-state index in [-0.39, 0.29) is 22.6 Å². The number of ether oxygens (including phenoxy) is 1. The average molecular weight is 352 g/mol. The zero-order valence-electron chi connectivity index (χ0n) is 12.1.